The molecule has 2 aromatic rings. The van der Waals surface area contributed by atoms with Crippen molar-refractivity contribution < 1.29 is 18.7 Å². The summed E-state index contributed by atoms with van der Waals surface area (Å²) in [5.41, 5.74) is 1.73. The highest BCUT2D eigenvalue weighted by Crippen LogP contribution is 2.19. The SMILES string of the molecule is CC(C)C(=O)N1CCCC(C(=O)NCc2ccc(OCc3cccc(F)c3)cc2)C1. The minimum absolute atomic E-state index is 0.0114. The molecule has 6 heteroatoms. The Labute approximate surface area is 177 Å². The second-order valence-corrected chi connectivity index (χ2v) is 8.06. The highest BCUT2D eigenvalue weighted by Gasteiger charge is 2.29. The van der Waals surface area contributed by atoms with E-state index in [4.69, 9.17) is 4.74 Å². The number of nitrogens with one attached hydrogen (secondary N) is 1. The van der Waals surface area contributed by atoms with Crippen LogP contribution in [0.15, 0.2) is 48.5 Å². The summed E-state index contributed by atoms with van der Waals surface area (Å²) >= 11 is 0. The zero-order valence-corrected chi connectivity index (χ0v) is 17.6. The molecule has 1 aliphatic rings. The fourth-order valence-corrected chi connectivity index (χ4v) is 3.59. The van der Waals surface area contributed by atoms with Gasteiger partial charge in [-0.25, -0.2) is 4.39 Å². The van der Waals surface area contributed by atoms with Gasteiger partial charge in [-0.1, -0.05) is 38.1 Å². The van der Waals surface area contributed by atoms with Crippen molar-refractivity contribution in [3.8, 4) is 5.75 Å². The molecule has 0 spiro atoms. The van der Waals surface area contributed by atoms with Gasteiger partial charge in [0.2, 0.25) is 11.8 Å². The molecule has 1 aliphatic heterocycles. The van der Waals surface area contributed by atoms with Crippen LogP contribution >= 0.6 is 0 Å². The lowest BCUT2D eigenvalue weighted by Gasteiger charge is -2.33. The van der Waals surface area contributed by atoms with Gasteiger partial charge in [-0.2, -0.15) is 0 Å². The number of ether oxygens (including phenoxy) is 1. The van der Waals surface area contributed by atoms with Crippen molar-refractivity contribution in [3.63, 3.8) is 0 Å². The van der Waals surface area contributed by atoms with Crippen LogP contribution in [0.5, 0.6) is 5.75 Å². The van der Waals surface area contributed by atoms with E-state index in [9.17, 15) is 14.0 Å². The molecule has 1 unspecified atom stereocenters. The lowest BCUT2D eigenvalue weighted by Crippen LogP contribution is -2.46. The Morgan fingerprint density at radius 3 is 2.63 bits per heavy atom. The van der Waals surface area contributed by atoms with Gasteiger partial charge in [0.05, 0.1) is 5.92 Å². The van der Waals surface area contributed by atoms with E-state index < -0.39 is 0 Å². The van der Waals surface area contributed by atoms with Crippen molar-refractivity contribution in [2.45, 2.75) is 39.8 Å². The molecule has 30 heavy (non-hydrogen) atoms. The van der Waals surface area contributed by atoms with E-state index in [0.717, 1.165) is 30.5 Å². The van der Waals surface area contributed by atoms with Gasteiger partial charge >= 0.3 is 0 Å². The maximum Gasteiger partial charge on any atom is 0.225 e. The predicted octanol–water partition coefficient (Wildman–Crippen LogP) is 3.92. The number of carbonyl (C=O) groups excluding carboxylic acids is 2. The number of piperidine rings is 1. The molecule has 0 radical (unpaired) electrons. The van der Waals surface area contributed by atoms with Crippen molar-refractivity contribution >= 4 is 11.8 Å². The Balaban J connectivity index is 1.46. The zero-order chi connectivity index (χ0) is 21.5. The number of amides is 2. The Hall–Kier alpha value is -2.89. The number of halogens is 1. The summed E-state index contributed by atoms with van der Waals surface area (Å²) in [4.78, 5) is 26.6. The van der Waals surface area contributed by atoms with Crippen LogP contribution in [0.4, 0.5) is 4.39 Å². The largest absolute Gasteiger partial charge is 0.489 e. The molecule has 0 bridgehead atoms. The molecular formula is C24H29FN2O3. The van der Waals surface area contributed by atoms with Crippen LogP contribution in [0, 0.1) is 17.7 Å². The molecule has 0 aliphatic carbocycles. The lowest BCUT2D eigenvalue weighted by atomic mass is 9.96. The van der Waals surface area contributed by atoms with E-state index in [-0.39, 0.29) is 29.5 Å². The van der Waals surface area contributed by atoms with Crippen LogP contribution in [-0.4, -0.2) is 29.8 Å². The standard InChI is InChI=1S/C24H29FN2O3/c1-17(2)24(29)27-12-4-6-20(15-27)23(28)26-14-18-8-10-22(11-9-18)30-16-19-5-3-7-21(25)13-19/h3,5,7-11,13,17,20H,4,6,12,14-16H2,1-2H3,(H,26,28). The highest BCUT2D eigenvalue weighted by atomic mass is 19.1. The van der Waals surface area contributed by atoms with Gasteiger partial charge in [0.15, 0.2) is 0 Å². The molecule has 1 saturated heterocycles. The molecule has 1 N–H and O–H groups in total. The van der Waals surface area contributed by atoms with E-state index in [0.29, 0.717) is 25.4 Å². The topological polar surface area (TPSA) is 58.6 Å². The van der Waals surface area contributed by atoms with Crippen LogP contribution < -0.4 is 10.1 Å². The predicted molar refractivity (Wildman–Crippen MR) is 113 cm³/mol. The Morgan fingerprint density at radius 1 is 1.17 bits per heavy atom. The number of hydrogen-bond donors (Lipinski definition) is 1. The lowest BCUT2D eigenvalue weighted by molar-refractivity contribution is -0.138. The average molecular weight is 413 g/mol. The maximum absolute atomic E-state index is 13.2. The van der Waals surface area contributed by atoms with Gasteiger partial charge in [-0.15, -0.1) is 0 Å². The first-order chi connectivity index (χ1) is 14.4. The highest BCUT2D eigenvalue weighted by molar-refractivity contribution is 5.82. The third-order valence-corrected chi connectivity index (χ3v) is 5.28. The third kappa shape index (κ3) is 6.05. The van der Waals surface area contributed by atoms with E-state index in [1.54, 1.807) is 6.07 Å². The van der Waals surface area contributed by atoms with Crippen LogP contribution in [0.3, 0.4) is 0 Å². The van der Waals surface area contributed by atoms with E-state index in [1.807, 2.05) is 49.1 Å². The Morgan fingerprint density at radius 2 is 1.93 bits per heavy atom. The van der Waals surface area contributed by atoms with Crippen LogP contribution in [0.1, 0.15) is 37.8 Å². The Bertz CT molecular complexity index is 867. The number of likely N-dealkylation sites (tertiary alicyclic amines) is 1. The smallest absolute Gasteiger partial charge is 0.225 e. The summed E-state index contributed by atoms with van der Waals surface area (Å²) in [6.45, 7) is 5.72. The van der Waals surface area contributed by atoms with Gasteiger partial charge in [-0.3, -0.25) is 9.59 Å². The third-order valence-electron chi connectivity index (χ3n) is 5.28. The summed E-state index contributed by atoms with van der Waals surface area (Å²) in [6.07, 6.45) is 1.66. The first kappa shape index (κ1) is 21.8. The molecule has 1 atom stereocenters. The summed E-state index contributed by atoms with van der Waals surface area (Å²) in [5.74, 6) is 0.300. The number of rotatable bonds is 7. The van der Waals surface area contributed by atoms with Crippen molar-refractivity contribution in [2.24, 2.45) is 11.8 Å². The molecule has 5 nitrogen and oxygen atoms in total. The van der Waals surface area contributed by atoms with Crippen molar-refractivity contribution in [3.05, 3.63) is 65.5 Å². The van der Waals surface area contributed by atoms with Gasteiger partial charge in [-0.05, 0) is 48.2 Å². The number of nitrogens with zero attached hydrogens (tertiary/aromatic N) is 1. The molecule has 1 fully saturated rings. The van der Waals surface area contributed by atoms with Crippen molar-refractivity contribution in [1.29, 1.82) is 0 Å². The summed E-state index contributed by atoms with van der Waals surface area (Å²) in [6, 6.07) is 13.8. The maximum atomic E-state index is 13.2. The fraction of sp³-hybridized carbons (Fsp3) is 0.417. The quantitative estimate of drug-likeness (QED) is 0.750. The summed E-state index contributed by atoms with van der Waals surface area (Å²) in [7, 11) is 0. The fourth-order valence-electron chi connectivity index (χ4n) is 3.59. The van der Waals surface area contributed by atoms with Crippen molar-refractivity contribution in [2.75, 3.05) is 13.1 Å². The summed E-state index contributed by atoms with van der Waals surface area (Å²) in [5, 5.41) is 2.98. The minimum Gasteiger partial charge on any atom is -0.489 e. The number of hydrogen-bond acceptors (Lipinski definition) is 3. The normalized spacial score (nSPS) is 16.4. The first-order valence-electron chi connectivity index (χ1n) is 10.4. The Kier molecular flexibility index (Phi) is 7.44. The monoisotopic (exact) mass is 412 g/mol. The van der Waals surface area contributed by atoms with Gasteiger partial charge in [0.25, 0.3) is 0 Å². The minimum atomic E-state index is -0.281. The molecule has 2 aromatic carbocycles. The van der Waals surface area contributed by atoms with E-state index in [2.05, 4.69) is 5.32 Å². The van der Waals surface area contributed by atoms with Crippen molar-refractivity contribution in [1.82, 2.24) is 10.2 Å². The van der Waals surface area contributed by atoms with E-state index >= 15 is 0 Å². The molecular weight excluding hydrogens is 383 g/mol. The first-order valence-corrected chi connectivity index (χ1v) is 10.4. The summed E-state index contributed by atoms with van der Waals surface area (Å²) < 4.78 is 18.9. The van der Waals surface area contributed by atoms with Gasteiger partial charge in [0, 0.05) is 25.6 Å². The number of carbonyl (C=O) groups is 2. The van der Waals surface area contributed by atoms with Crippen LogP contribution in [-0.2, 0) is 22.7 Å². The molecule has 0 saturated carbocycles. The second-order valence-electron chi connectivity index (χ2n) is 8.06. The van der Waals surface area contributed by atoms with Gasteiger partial charge in [0.1, 0.15) is 18.2 Å². The molecule has 160 valence electrons. The molecule has 1 heterocycles. The number of benzene rings is 2. The van der Waals surface area contributed by atoms with Crippen LogP contribution in [0.2, 0.25) is 0 Å². The van der Waals surface area contributed by atoms with E-state index in [1.165, 1.54) is 12.1 Å². The average Bonchev–Trinajstić information content (AvgIpc) is 2.76. The second kappa shape index (κ2) is 10.2. The zero-order valence-electron chi connectivity index (χ0n) is 17.6. The van der Waals surface area contributed by atoms with Crippen LogP contribution in [0.25, 0.3) is 0 Å². The molecule has 3 rings (SSSR count). The molecule has 2 amide bonds. The molecule has 0 aromatic heterocycles. The van der Waals surface area contributed by atoms with Gasteiger partial charge < -0.3 is 15.0 Å².